The van der Waals surface area contributed by atoms with Crippen molar-refractivity contribution in [1.29, 1.82) is 0 Å². The van der Waals surface area contributed by atoms with Gasteiger partial charge in [0.25, 0.3) is 0 Å². The Labute approximate surface area is 151 Å². The lowest BCUT2D eigenvalue weighted by Gasteiger charge is -2.26. The molecule has 1 heterocycles. The van der Waals surface area contributed by atoms with E-state index >= 15 is 0 Å². The molecule has 26 heavy (non-hydrogen) atoms. The highest BCUT2D eigenvalue weighted by molar-refractivity contribution is 5.39. The zero-order valence-electron chi connectivity index (χ0n) is 14.5. The largest absolute Gasteiger partial charge is 0.457 e. The maximum Gasteiger partial charge on any atom is 0.416 e. The first kappa shape index (κ1) is 18.7. The van der Waals surface area contributed by atoms with Gasteiger partial charge in [-0.3, -0.25) is 4.90 Å². The molecule has 0 saturated carbocycles. The van der Waals surface area contributed by atoms with Crippen LogP contribution in [0.2, 0.25) is 0 Å². The van der Waals surface area contributed by atoms with Gasteiger partial charge in [-0.05, 0) is 49.2 Å². The fourth-order valence-corrected chi connectivity index (χ4v) is 2.99. The van der Waals surface area contributed by atoms with Gasteiger partial charge in [0.2, 0.25) is 0 Å². The standard InChI is InChI=1S/C20H22F3NO2/c21-20(22,23)17-7-3-8-18(15-17)26-19-9-2-1-5-16(19)6-4-10-24-11-13-25-14-12-24/h1-3,5,7-9,15H,4,6,10-14H2. The van der Waals surface area contributed by atoms with Crippen molar-refractivity contribution in [3.05, 3.63) is 59.7 Å². The smallest absolute Gasteiger partial charge is 0.416 e. The van der Waals surface area contributed by atoms with E-state index in [1.807, 2.05) is 18.2 Å². The lowest BCUT2D eigenvalue weighted by molar-refractivity contribution is -0.137. The van der Waals surface area contributed by atoms with Crippen molar-refractivity contribution in [2.24, 2.45) is 0 Å². The zero-order valence-corrected chi connectivity index (χ0v) is 14.5. The molecule has 1 aliphatic heterocycles. The van der Waals surface area contributed by atoms with E-state index in [9.17, 15) is 13.2 Å². The summed E-state index contributed by atoms with van der Waals surface area (Å²) in [5.74, 6) is 0.800. The second-order valence-electron chi connectivity index (χ2n) is 6.29. The maximum atomic E-state index is 12.9. The van der Waals surface area contributed by atoms with Crippen molar-refractivity contribution >= 4 is 0 Å². The molecule has 1 saturated heterocycles. The summed E-state index contributed by atoms with van der Waals surface area (Å²) in [4.78, 5) is 2.36. The Hall–Kier alpha value is -2.05. The van der Waals surface area contributed by atoms with E-state index in [0.717, 1.165) is 63.4 Å². The number of para-hydroxylation sites is 1. The van der Waals surface area contributed by atoms with Crippen molar-refractivity contribution in [1.82, 2.24) is 4.90 Å². The Morgan fingerprint density at radius 3 is 2.54 bits per heavy atom. The third-order valence-corrected chi connectivity index (χ3v) is 4.39. The van der Waals surface area contributed by atoms with Crippen molar-refractivity contribution < 1.29 is 22.6 Å². The Balaban J connectivity index is 1.63. The summed E-state index contributed by atoms with van der Waals surface area (Å²) in [5.41, 5.74) is 0.290. The highest BCUT2D eigenvalue weighted by Gasteiger charge is 2.30. The van der Waals surface area contributed by atoms with Gasteiger partial charge < -0.3 is 9.47 Å². The minimum absolute atomic E-state index is 0.195. The summed E-state index contributed by atoms with van der Waals surface area (Å²) in [6.07, 6.45) is -2.60. The van der Waals surface area contributed by atoms with Crippen LogP contribution in [0.4, 0.5) is 13.2 Å². The molecule has 0 unspecified atom stereocenters. The third-order valence-electron chi connectivity index (χ3n) is 4.39. The fraction of sp³-hybridized carbons (Fsp3) is 0.400. The van der Waals surface area contributed by atoms with Gasteiger partial charge in [-0.15, -0.1) is 0 Å². The number of aryl methyl sites for hydroxylation is 1. The monoisotopic (exact) mass is 365 g/mol. The van der Waals surface area contributed by atoms with E-state index < -0.39 is 11.7 Å². The third kappa shape index (κ3) is 5.22. The van der Waals surface area contributed by atoms with Gasteiger partial charge in [0.05, 0.1) is 18.8 Å². The summed E-state index contributed by atoms with van der Waals surface area (Å²) in [6, 6.07) is 12.5. The molecule has 2 aromatic carbocycles. The summed E-state index contributed by atoms with van der Waals surface area (Å²) in [7, 11) is 0. The first-order chi connectivity index (χ1) is 12.5. The summed E-state index contributed by atoms with van der Waals surface area (Å²) < 4.78 is 49.7. The van der Waals surface area contributed by atoms with Crippen LogP contribution in [0.3, 0.4) is 0 Å². The molecule has 0 amide bonds. The number of morpholine rings is 1. The summed E-state index contributed by atoms with van der Waals surface area (Å²) in [5, 5.41) is 0. The number of benzene rings is 2. The van der Waals surface area contributed by atoms with Gasteiger partial charge in [-0.1, -0.05) is 24.3 Å². The van der Waals surface area contributed by atoms with E-state index in [1.165, 1.54) is 6.07 Å². The topological polar surface area (TPSA) is 21.7 Å². The van der Waals surface area contributed by atoms with E-state index in [0.29, 0.717) is 5.75 Å². The number of rotatable bonds is 6. The predicted molar refractivity (Wildman–Crippen MR) is 93.5 cm³/mol. The van der Waals surface area contributed by atoms with Crippen molar-refractivity contribution in [2.75, 3.05) is 32.8 Å². The van der Waals surface area contributed by atoms with E-state index in [1.54, 1.807) is 12.1 Å². The van der Waals surface area contributed by atoms with Gasteiger partial charge in [0.15, 0.2) is 0 Å². The number of halogens is 3. The zero-order chi connectivity index (χ0) is 18.4. The van der Waals surface area contributed by atoms with E-state index in [-0.39, 0.29) is 5.75 Å². The molecule has 0 aromatic heterocycles. The minimum Gasteiger partial charge on any atom is -0.457 e. The quantitative estimate of drug-likeness (QED) is 0.737. The van der Waals surface area contributed by atoms with Gasteiger partial charge in [0.1, 0.15) is 11.5 Å². The molecule has 140 valence electrons. The molecule has 3 rings (SSSR count). The molecule has 0 radical (unpaired) electrons. The number of nitrogens with zero attached hydrogens (tertiary/aromatic N) is 1. The van der Waals surface area contributed by atoms with Crippen LogP contribution in [-0.4, -0.2) is 37.7 Å². The number of ether oxygens (including phenoxy) is 2. The first-order valence-corrected chi connectivity index (χ1v) is 8.75. The molecular formula is C20H22F3NO2. The first-order valence-electron chi connectivity index (χ1n) is 8.75. The van der Waals surface area contributed by atoms with Crippen LogP contribution in [-0.2, 0) is 17.3 Å². The Morgan fingerprint density at radius 1 is 1.00 bits per heavy atom. The Bertz CT molecular complexity index is 712. The van der Waals surface area contributed by atoms with Crippen molar-refractivity contribution in [2.45, 2.75) is 19.0 Å². The average molecular weight is 365 g/mol. The lowest BCUT2D eigenvalue weighted by atomic mass is 10.1. The fourth-order valence-electron chi connectivity index (χ4n) is 2.99. The molecule has 2 aromatic rings. The van der Waals surface area contributed by atoms with Gasteiger partial charge in [-0.2, -0.15) is 13.2 Å². The van der Waals surface area contributed by atoms with E-state index in [2.05, 4.69) is 4.90 Å². The molecule has 0 N–H and O–H groups in total. The Morgan fingerprint density at radius 2 is 1.77 bits per heavy atom. The van der Waals surface area contributed by atoms with Crippen LogP contribution < -0.4 is 4.74 Å². The SMILES string of the molecule is FC(F)(F)c1cccc(Oc2ccccc2CCCN2CCOCC2)c1. The molecule has 1 aliphatic rings. The van der Waals surface area contributed by atoms with Crippen LogP contribution in [0.1, 0.15) is 17.5 Å². The van der Waals surface area contributed by atoms with Crippen LogP contribution in [0, 0.1) is 0 Å². The molecule has 1 fully saturated rings. The molecule has 3 nitrogen and oxygen atoms in total. The number of hydrogen-bond acceptors (Lipinski definition) is 3. The van der Waals surface area contributed by atoms with E-state index in [4.69, 9.17) is 9.47 Å². The van der Waals surface area contributed by atoms with Crippen LogP contribution in [0.5, 0.6) is 11.5 Å². The van der Waals surface area contributed by atoms with Crippen molar-refractivity contribution in [3.8, 4) is 11.5 Å². The number of hydrogen-bond donors (Lipinski definition) is 0. The lowest BCUT2D eigenvalue weighted by Crippen LogP contribution is -2.36. The molecule has 6 heteroatoms. The molecule has 0 spiro atoms. The minimum atomic E-state index is -4.38. The molecule has 0 atom stereocenters. The van der Waals surface area contributed by atoms with Crippen LogP contribution in [0.25, 0.3) is 0 Å². The molecule has 0 aliphatic carbocycles. The average Bonchev–Trinajstić information content (AvgIpc) is 2.64. The normalized spacial score (nSPS) is 15.8. The molecular weight excluding hydrogens is 343 g/mol. The Kier molecular flexibility index (Phi) is 6.16. The second-order valence-corrected chi connectivity index (χ2v) is 6.29. The predicted octanol–water partition coefficient (Wildman–Crippen LogP) is 4.76. The van der Waals surface area contributed by atoms with Gasteiger partial charge >= 0.3 is 6.18 Å². The summed E-state index contributed by atoms with van der Waals surface area (Å²) in [6.45, 7) is 4.41. The van der Waals surface area contributed by atoms with Crippen LogP contribution in [0.15, 0.2) is 48.5 Å². The second kappa shape index (κ2) is 8.56. The maximum absolute atomic E-state index is 12.9. The van der Waals surface area contributed by atoms with Gasteiger partial charge in [0, 0.05) is 13.1 Å². The highest BCUT2D eigenvalue weighted by atomic mass is 19.4. The van der Waals surface area contributed by atoms with Crippen LogP contribution >= 0.6 is 0 Å². The van der Waals surface area contributed by atoms with Crippen molar-refractivity contribution in [3.63, 3.8) is 0 Å². The number of alkyl halides is 3. The highest BCUT2D eigenvalue weighted by Crippen LogP contribution is 2.33. The summed E-state index contributed by atoms with van der Waals surface area (Å²) >= 11 is 0. The molecule has 0 bridgehead atoms. The van der Waals surface area contributed by atoms with Gasteiger partial charge in [-0.25, -0.2) is 0 Å².